The fraction of sp³-hybridized carbons (Fsp3) is 0.231. The van der Waals surface area contributed by atoms with E-state index in [9.17, 15) is 9.59 Å². The Morgan fingerprint density at radius 3 is 2.03 bits per heavy atom. The van der Waals surface area contributed by atoms with Crippen molar-refractivity contribution in [3.63, 3.8) is 0 Å². The number of ketones is 1. The predicted molar refractivity (Wildman–Crippen MR) is 119 cm³/mol. The minimum Gasteiger partial charge on any atom is -0.496 e. The van der Waals surface area contributed by atoms with Gasteiger partial charge in [0.1, 0.15) is 5.75 Å². The van der Waals surface area contributed by atoms with Gasteiger partial charge >= 0.3 is 0 Å². The maximum atomic E-state index is 12.6. The molecular formula is C26H27NO3. The molecule has 4 heteroatoms. The van der Waals surface area contributed by atoms with E-state index in [0.29, 0.717) is 23.4 Å². The van der Waals surface area contributed by atoms with Crippen LogP contribution in [-0.4, -0.2) is 25.3 Å². The maximum absolute atomic E-state index is 12.6. The lowest BCUT2D eigenvalue weighted by molar-refractivity contribution is -0.120. The zero-order valence-corrected chi connectivity index (χ0v) is 17.4. The zero-order valence-electron chi connectivity index (χ0n) is 17.4. The lowest BCUT2D eigenvalue weighted by Crippen LogP contribution is -2.27. The number of amides is 1. The van der Waals surface area contributed by atoms with Crippen LogP contribution in [0.5, 0.6) is 5.75 Å². The Hall–Kier alpha value is -3.40. The van der Waals surface area contributed by atoms with Crippen LogP contribution in [0.3, 0.4) is 0 Å². The van der Waals surface area contributed by atoms with Crippen molar-refractivity contribution >= 4 is 11.7 Å². The molecule has 0 saturated heterocycles. The van der Waals surface area contributed by atoms with E-state index in [1.165, 1.54) is 18.1 Å². The molecule has 3 aromatic rings. The molecule has 0 aromatic heterocycles. The van der Waals surface area contributed by atoms with E-state index in [0.717, 1.165) is 6.42 Å². The van der Waals surface area contributed by atoms with Crippen LogP contribution in [0.25, 0.3) is 0 Å². The Morgan fingerprint density at radius 1 is 0.900 bits per heavy atom. The summed E-state index contributed by atoms with van der Waals surface area (Å²) >= 11 is 0. The molecule has 0 fully saturated rings. The summed E-state index contributed by atoms with van der Waals surface area (Å²) in [5, 5.41) is 3.02. The van der Waals surface area contributed by atoms with Crippen molar-refractivity contribution in [3.05, 3.63) is 101 Å². The quantitative estimate of drug-likeness (QED) is 0.525. The smallest absolute Gasteiger partial charge is 0.224 e. The molecule has 0 aliphatic rings. The van der Waals surface area contributed by atoms with Gasteiger partial charge in [-0.05, 0) is 42.7 Å². The Labute approximate surface area is 177 Å². The molecule has 0 bridgehead atoms. The highest BCUT2D eigenvalue weighted by molar-refractivity contribution is 5.94. The molecule has 0 saturated carbocycles. The van der Waals surface area contributed by atoms with Crippen LogP contribution >= 0.6 is 0 Å². The number of rotatable bonds is 9. The monoisotopic (exact) mass is 401 g/mol. The lowest BCUT2D eigenvalue weighted by atomic mass is 9.88. The molecular weight excluding hydrogens is 374 g/mol. The van der Waals surface area contributed by atoms with Crippen LogP contribution in [0.15, 0.2) is 78.9 Å². The number of hydrogen-bond acceptors (Lipinski definition) is 3. The summed E-state index contributed by atoms with van der Waals surface area (Å²) in [4.78, 5) is 24.2. The van der Waals surface area contributed by atoms with E-state index < -0.39 is 0 Å². The molecule has 3 rings (SSSR count). The van der Waals surface area contributed by atoms with Gasteiger partial charge in [-0.15, -0.1) is 0 Å². The van der Waals surface area contributed by atoms with Gasteiger partial charge in [0.25, 0.3) is 0 Å². The summed E-state index contributed by atoms with van der Waals surface area (Å²) in [7, 11) is 1.56. The third-order valence-corrected chi connectivity index (χ3v) is 5.20. The van der Waals surface area contributed by atoms with Crippen molar-refractivity contribution in [2.24, 2.45) is 0 Å². The second-order valence-corrected chi connectivity index (χ2v) is 7.27. The molecule has 0 spiro atoms. The third kappa shape index (κ3) is 5.57. The first kappa shape index (κ1) is 21.3. The van der Waals surface area contributed by atoms with Gasteiger partial charge in [-0.3, -0.25) is 9.59 Å². The Bertz CT molecular complexity index is 944. The average molecular weight is 402 g/mol. The summed E-state index contributed by atoms with van der Waals surface area (Å²) in [6, 6.07) is 25.9. The van der Waals surface area contributed by atoms with Gasteiger partial charge in [0.2, 0.25) is 5.91 Å². The van der Waals surface area contributed by atoms with Crippen molar-refractivity contribution in [1.29, 1.82) is 0 Å². The second kappa shape index (κ2) is 10.4. The van der Waals surface area contributed by atoms with E-state index in [1.54, 1.807) is 25.3 Å². The van der Waals surface area contributed by atoms with Gasteiger partial charge < -0.3 is 10.1 Å². The van der Waals surface area contributed by atoms with Crippen molar-refractivity contribution < 1.29 is 14.3 Å². The second-order valence-electron chi connectivity index (χ2n) is 7.27. The van der Waals surface area contributed by atoms with Crippen molar-refractivity contribution in [2.75, 3.05) is 13.7 Å². The van der Waals surface area contributed by atoms with E-state index in [-0.39, 0.29) is 24.0 Å². The number of carbonyl (C=O) groups is 2. The molecule has 1 amide bonds. The first-order valence-corrected chi connectivity index (χ1v) is 10.1. The van der Waals surface area contributed by atoms with Gasteiger partial charge in [0.05, 0.1) is 13.5 Å². The zero-order chi connectivity index (χ0) is 21.3. The predicted octanol–water partition coefficient (Wildman–Crippen LogP) is 4.78. The van der Waals surface area contributed by atoms with E-state index in [4.69, 9.17) is 4.74 Å². The van der Waals surface area contributed by atoms with Gasteiger partial charge in [-0.2, -0.15) is 0 Å². The summed E-state index contributed by atoms with van der Waals surface area (Å²) in [6.07, 6.45) is 0.968. The van der Waals surface area contributed by atoms with E-state index >= 15 is 0 Å². The summed E-state index contributed by atoms with van der Waals surface area (Å²) in [5.74, 6) is 0.701. The SMILES string of the molecule is COc1ccc(C(C)=O)cc1CC(=O)NCCC(c1ccccc1)c1ccccc1. The highest BCUT2D eigenvalue weighted by atomic mass is 16.5. The van der Waals surface area contributed by atoms with Crippen molar-refractivity contribution in [3.8, 4) is 5.75 Å². The fourth-order valence-corrected chi connectivity index (χ4v) is 3.62. The molecule has 4 nitrogen and oxygen atoms in total. The lowest BCUT2D eigenvalue weighted by Gasteiger charge is -2.18. The van der Waals surface area contributed by atoms with Crippen molar-refractivity contribution in [1.82, 2.24) is 5.32 Å². The molecule has 1 N–H and O–H groups in total. The minimum atomic E-state index is -0.0890. The molecule has 0 radical (unpaired) electrons. The van der Waals surface area contributed by atoms with Crippen LogP contribution in [0.4, 0.5) is 0 Å². The molecule has 30 heavy (non-hydrogen) atoms. The van der Waals surface area contributed by atoms with Gasteiger partial charge in [0.15, 0.2) is 5.78 Å². The fourth-order valence-electron chi connectivity index (χ4n) is 3.62. The number of ether oxygens (including phenoxy) is 1. The first-order chi connectivity index (χ1) is 14.6. The molecule has 154 valence electrons. The largest absolute Gasteiger partial charge is 0.496 e. The number of methoxy groups -OCH3 is 1. The Kier molecular flexibility index (Phi) is 7.39. The van der Waals surface area contributed by atoms with Gasteiger partial charge in [-0.25, -0.2) is 0 Å². The molecule has 0 aliphatic heterocycles. The number of Topliss-reactive ketones (excluding diaryl/α,β-unsaturated/α-hetero) is 1. The number of benzene rings is 3. The van der Waals surface area contributed by atoms with Gasteiger partial charge in [0, 0.05) is 23.6 Å². The summed E-state index contributed by atoms with van der Waals surface area (Å²) in [6.45, 7) is 2.07. The Balaban J connectivity index is 1.65. The highest BCUT2D eigenvalue weighted by Gasteiger charge is 2.15. The normalized spacial score (nSPS) is 10.6. The summed E-state index contributed by atoms with van der Waals surface area (Å²) < 4.78 is 5.35. The van der Waals surface area contributed by atoms with E-state index in [1.807, 2.05) is 36.4 Å². The van der Waals surface area contributed by atoms with Gasteiger partial charge in [-0.1, -0.05) is 60.7 Å². The molecule has 0 atom stereocenters. The minimum absolute atomic E-state index is 0.0344. The van der Waals surface area contributed by atoms with E-state index in [2.05, 4.69) is 29.6 Å². The first-order valence-electron chi connectivity index (χ1n) is 10.1. The van der Waals surface area contributed by atoms with Crippen molar-refractivity contribution in [2.45, 2.75) is 25.7 Å². The molecule has 0 unspecified atom stereocenters. The molecule has 0 aliphatic carbocycles. The standard InChI is InChI=1S/C26H27NO3/c1-19(28)22-13-14-25(30-2)23(17-22)18-26(29)27-16-15-24(20-9-5-3-6-10-20)21-11-7-4-8-12-21/h3-14,17,24H,15-16,18H2,1-2H3,(H,27,29). The Morgan fingerprint density at radius 2 is 1.50 bits per heavy atom. The van der Waals surface area contributed by atoms with Crippen LogP contribution in [-0.2, 0) is 11.2 Å². The van der Waals surface area contributed by atoms with Crippen LogP contribution in [0, 0.1) is 0 Å². The molecule has 3 aromatic carbocycles. The topological polar surface area (TPSA) is 55.4 Å². The summed E-state index contributed by atoms with van der Waals surface area (Å²) in [5.41, 5.74) is 3.75. The van der Waals surface area contributed by atoms with Crippen LogP contribution in [0.2, 0.25) is 0 Å². The maximum Gasteiger partial charge on any atom is 0.224 e. The molecule has 0 heterocycles. The number of nitrogens with one attached hydrogen (secondary N) is 1. The number of hydrogen-bond donors (Lipinski definition) is 1. The average Bonchev–Trinajstić information content (AvgIpc) is 2.78. The number of carbonyl (C=O) groups excluding carboxylic acids is 2. The van der Waals surface area contributed by atoms with Crippen LogP contribution in [0.1, 0.15) is 46.3 Å². The highest BCUT2D eigenvalue weighted by Crippen LogP contribution is 2.27. The third-order valence-electron chi connectivity index (χ3n) is 5.20. The van der Waals surface area contributed by atoms with Crippen LogP contribution < -0.4 is 10.1 Å².